The summed E-state index contributed by atoms with van der Waals surface area (Å²) in [5, 5.41) is 11.8. The van der Waals surface area contributed by atoms with Gasteiger partial charge in [-0.1, -0.05) is 32.1 Å². The lowest BCUT2D eigenvalue weighted by molar-refractivity contribution is 0.340. The average molecular weight is 265 g/mol. The second-order valence-corrected chi connectivity index (χ2v) is 6.68. The van der Waals surface area contributed by atoms with E-state index in [1.807, 2.05) is 0 Å². The zero-order chi connectivity index (χ0) is 13.7. The Morgan fingerprint density at radius 1 is 1.05 bits per heavy atom. The molecule has 1 heterocycles. The molecule has 108 valence electrons. The highest BCUT2D eigenvalue weighted by atomic mass is 16.4. The molecule has 1 saturated carbocycles. The van der Waals surface area contributed by atoms with Gasteiger partial charge in [-0.2, -0.15) is 0 Å². The van der Waals surface area contributed by atoms with Crippen molar-refractivity contribution in [2.45, 2.75) is 83.7 Å². The van der Waals surface area contributed by atoms with Crippen LogP contribution in [0.3, 0.4) is 0 Å². The Morgan fingerprint density at radius 2 is 1.68 bits per heavy atom. The van der Waals surface area contributed by atoms with Crippen LogP contribution in [0.1, 0.15) is 83.4 Å². The third-order valence-electron chi connectivity index (χ3n) is 3.71. The molecule has 1 N–H and O–H groups in total. The molecule has 0 spiro atoms. The monoisotopic (exact) mass is 265 g/mol. The lowest BCUT2D eigenvalue weighted by Crippen LogP contribution is -2.35. The minimum absolute atomic E-state index is 0.0782. The fourth-order valence-corrected chi connectivity index (χ4v) is 2.55. The maximum Gasteiger partial charge on any atom is 0.230 e. The summed E-state index contributed by atoms with van der Waals surface area (Å²) in [6.07, 6.45) is 9.08. The number of rotatable bonds is 3. The van der Waals surface area contributed by atoms with Gasteiger partial charge in [0.15, 0.2) is 0 Å². The summed E-state index contributed by atoms with van der Waals surface area (Å²) < 4.78 is 5.83. The minimum atomic E-state index is 0.0782. The van der Waals surface area contributed by atoms with E-state index < -0.39 is 0 Å². The molecule has 0 amide bonds. The van der Waals surface area contributed by atoms with E-state index in [1.54, 1.807) is 0 Å². The van der Waals surface area contributed by atoms with Crippen molar-refractivity contribution in [1.82, 2.24) is 15.5 Å². The molecule has 1 aliphatic carbocycles. The first-order chi connectivity index (χ1) is 9.04. The zero-order valence-corrected chi connectivity index (χ0v) is 12.5. The van der Waals surface area contributed by atoms with Crippen LogP contribution < -0.4 is 5.32 Å². The summed E-state index contributed by atoms with van der Waals surface area (Å²) in [6, 6.07) is 0. The highest BCUT2D eigenvalue weighted by molar-refractivity contribution is 4.92. The minimum Gasteiger partial charge on any atom is -0.424 e. The first-order valence-corrected chi connectivity index (χ1v) is 7.62. The average Bonchev–Trinajstić information content (AvgIpc) is 2.73. The van der Waals surface area contributed by atoms with E-state index in [2.05, 4.69) is 36.3 Å². The molecule has 4 nitrogen and oxygen atoms in total. The van der Waals surface area contributed by atoms with E-state index in [4.69, 9.17) is 4.42 Å². The van der Waals surface area contributed by atoms with Crippen molar-refractivity contribution < 1.29 is 4.42 Å². The predicted molar refractivity (Wildman–Crippen MR) is 76.0 cm³/mol. The Morgan fingerprint density at radius 3 is 2.32 bits per heavy atom. The fourth-order valence-electron chi connectivity index (χ4n) is 2.55. The molecule has 1 aromatic rings. The van der Waals surface area contributed by atoms with Crippen molar-refractivity contribution in [1.29, 1.82) is 0 Å². The standard InChI is InChI=1S/C15H27N3O/c1-15(2,3)16-11-13-17-18-14(19-13)12-9-7-5-4-6-8-10-12/h12,16H,4-11H2,1-3H3. The summed E-state index contributed by atoms with van der Waals surface area (Å²) in [5.74, 6) is 2.05. The predicted octanol–water partition coefficient (Wildman–Crippen LogP) is 3.79. The van der Waals surface area contributed by atoms with Crippen molar-refractivity contribution >= 4 is 0 Å². The summed E-state index contributed by atoms with van der Waals surface area (Å²) >= 11 is 0. The van der Waals surface area contributed by atoms with E-state index in [9.17, 15) is 0 Å². The lowest BCUT2D eigenvalue weighted by atomic mass is 9.91. The number of aromatic nitrogens is 2. The molecule has 0 unspecified atom stereocenters. The fraction of sp³-hybridized carbons (Fsp3) is 0.867. The van der Waals surface area contributed by atoms with E-state index >= 15 is 0 Å². The van der Waals surface area contributed by atoms with Gasteiger partial charge >= 0.3 is 0 Å². The van der Waals surface area contributed by atoms with Crippen LogP contribution in [0.5, 0.6) is 0 Å². The maximum absolute atomic E-state index is 5.83. The molecule has 1 aromatic heterocycles. The highest BCUT2D eigenvalue weighted by Gasteiger charge is 2.20. The van der Waals surface area contributed by atoms with E-state index in [0.717, 1.165) is 5.89 Å². The summed E-state index contributed by atoms with van der Waals surface area (Å²) in [6.45, 7) is 7.07. The van der Waals surface area contributed by atoms with Crippen molar-refractivity contribution in [2.24, 2.45) is 0 Å². The van der Waals surface area contributed by atoms with Gasteiger partial charge in [0.05, 0.1) is 6.54 Å². The smallest absolute Gasteiger partial charge is 0.230 e. The van der Waals surface area contributed by atoms with Gasteiger partial charge in [-0.05, 0) is 33.6 Å². The van der Waals surface area contributed by atoms with E-state index in [0.29, 0.717) is 18.4 Å². The van der Waals surface area contributed by atoms with Gasteiger partial charge in [-0.3, -0.25) is 0 Å². The molecular formula is C15H27N3O. The second-order valence-electron chi connectivity index (χ2n) is 6.68. The van der Waals surface area contributed by atoms with Gasteiger partial charge < -0.3 is 9.73 Å². The molecule has 4 heteroatoms. The topological polar surface area (TPSA) is 51.0 Å². The van der Waals surface area contributed by atoms with Gasteiger partial charge in [-0.25, -0.2) is 0 Å². The van der Waals surface area contributed by atoms with Crippen molar-refractivity contribution in [3.8, 4) is 0 Å². The normalized spacial score (nSPS) is 19.1. The highest BCUT2D eigenvalue weighted by Crippen LogP contribution is 2.29. The molecule has 0 aliphatic heterocycles. The van der Waals surface area contributed by atoms with Crippen LogP contribution in [0.25, 0.3) is 0 Å². The molecular weight excluding hydrogens is 238 g/mol. The lowest BCUT2D eigenvalue weighted by Gasteiger charge is -2.19. The Kier molecular flexibility index (Phi) is 4.97. The van der Waals surface area contributed by atoms with Gasteiger partial charge in [0.2, 0.25) is 11.8 Å². The van der Waals surface area contributed by atoms with Crippen LogP contribution in [-0.2, 0) is 6.54 Å². The number of hydrogen-bond acceptors (Lipinski definition) is 4. The first kappa shape index (κ1) is 14.5. The summed E-state index contributed by atoms with van der Waals surface area (Å²) in [7, 11) is 0. The van der Waals surface area contributed by atoms with Crippen LogP contribution in [0.4, 0.5) is 0 Å². The maximum atomic E-state index is 5.83. The van der Waals surface area contributed by atoms with E-state index in [-0.39, 0.29) is 5.54 Å². The molecule has 0 atom stereocenters. The third-order valence-corrected chi connectivity index (χ3v) is 3.71. The molecule has 2 rings (SSSR count). The van der Waals surface area contributed by atoms with Gasteiger partial charge in [-0.15, -0.1) is 10.2 Å². The SMILES string of the molecule is CC(C)(C)NCc1nnc(C2CCCCCCC2)o1. The largest absolute Gasteiger partial charge is 0.424 e. The number of nitrogens with zero attached hydrogens (tertiary/aromatic N) is 2. The van der Waals surface area contributed by atoms with Crippen LogP contribution in [-0.4, -0.2) is 15.7 Å². The van der Waals surface area contributed by atoms with Gasteiger partial charge in [0.25, 0.3) is 0 Å². The molecule has 19 heavy (non-hydrogen) atoms. The Hall–Kier alpha value is -0.900. The Labute approximate surface area is 116 Å². The van der Waals surface area contributed by atoms with Gasteiger partial charge in [0.1, 0.15) is 0 Å². The van der Waals surface area contributed by atoms with Crippen molar-refractivity contribution in [2.75, 3.05) is 0 Å². The summed E-state index contributed by atoms with van der Waals surface area (Å²) in [5.41, 5.74) is 0.0782. The summed E-state index contributed by atoms with van der Waals surface area (Å²) in [4.78, 5) is 0. The van der Waals surface area contributed by atoms with Crippen molar-refractivity contribution in [3.63, 3.8) is 0 Å². The number of hydrogen-bond donors (Lipinski definition) is 1. The molecule has 0 bridgehead atoms. The second kappa shape index (κ2) is 6.51. The molecule has 0 aromatic carbocycles. The van der Waals surface area contributed by atoms with Gasteiger partial charge in [0, 0.05) is 11.5 Å². The first-order valence-electron chi connectivity index (χ1n) is 7.62. The molecule has 1 fully saturated rings. The van der Waals surface area contributed by atoms with E-state index in [1.165, 1.54) is 44.9 Å². The zero-order valence-electron chi connectivity index (χ0n) is 12.5. The molecule has 0 saturated heterocycles. The Balaban J connectivity index is 1.91. The quantitative estimate of drug-likeness (QED) is 0.903. The van der Waals surface area contributed by atoms with Crippen LogP contribution >= 0.6 is 0 Å². The van der Waals surface area contributed by atoms with Crippen LogP contribution in [0, 0.1) is 0 Å². The van der Waals surface area contributed by atoms with Crippen LogP contribution in [0.15, 0.2) is 4.42 Å². The Bertz CT molecular complexity index is 373. The van der Waals surface area contributed by atoms with Crippen molar-refractivity contribution in [3.05, 3.63) is 11.8 Å². The number of nitrogens with one attached hydrogen (secondary N) is 1. The molecule has 0 radical (unpaired) electrons. The van der Waals surface area contributed by atoms with Crippen LogP contribution in [0.2, 0.25) is 0 Å². The molecule has 1 aliphatic rings. The third kappa shape index (κ3) is 4.94.